The molecular formula is C11H15BrN2O. The first-order valence-electron chi connectivity index (χ1n) is 4.86. The van der Waals surface area contributed by atoms with Crippen molar-refractivity contribution in [1.29, 1.82) is 0 Å². The van der Waals surface area contributed by atoms with Crippen molar-refractivity contribution in [2.45, 2.75) is 6.42 Å². The highest BCUT2D eigenvalue weighted by molar-refractivity contribution is 9.10. The fourth-order valence-electron chi connectivity index (χ4n) is 1.05. The summed E-state index contributed by atoms with van der Waals surface area (Å²) in [6.45, 7) is 5.86. The molecule has 1 N–H and O–H groups in total. The summed E-state index contributed by atoms with van der Waals surface area (Å²) in [6, 6.07) is 1.92. The largest absolute Gasteiger partial charge is 0.382 e. The van der Waals surface area contributed by atoms with Crippen molar-refractivity contribution in [2.24, 2.45) is 0 Å². The fourth-order valence-corrected chi connectivity index (χ4v) is 1.44. The molecule has 0 bridgehead atoms. The standard InChI is InChI=1S/C11H15BrN2O/c1-2-3-7-15-8-6-14-11-4-5-13-9-10(11)12/h2,4-5,9H,1,3,6-8H2,(H,13,14). The SMILES string of the molecule is C=CCCOCCNc1ccncc1Br. The van der Waals surface area contributed by atoms with E-state index < -0.39 is 0 Å². The van der Waals surface area contributed by atoms with Crippen LogP contribution in [0.4, 0.5) is 5.69 Å². The number of anilines is 1. The Bertz CT molecular complexity index is 304. The molecule has 1 rings (SSSR count). The van der Waals surface area contributed by atoms with Crippen LogP contribution in [0, 0.1) is 0 Å². The maximum atomic E-state index is 5.37. The smallest absolute Gasteiger partial charge is 0.0639 e. The summed E-state index contributed by atoms with van der Waals surface area (Å²) < 4.78 is 6.34. The van der Waals surface area contributed by atoms with Gasteiger partial charge in [0.2, 0.25) is 0 Å². The molecule has 0 unspecified atom stereocenters. The number of pyridine rings is 1. The lowest BCUT2D eigenvalue weighted by Crippen LogP contribution is -2.10. The average molecular weight is 271 g/mol. The Balaban J connectivity index is 2.15. The first-order chi connectivity index (χ1) is 7.34. The van der Waals surface area contributed by atoms with E-state index in [1.807, 2.05) is 12.1 Å². The Labute approximate surface area is 98.7 Å². The Morgan fingerprint density at radius 1 is 1.53 bits per heavy atom. The van der Waals surface area contributed by atoms with Crippen LogP contribution in [0.2, 0.25) is 0 Å². The zero-order valence-corrected chi connectivity index (χ0v) is 10.2. The molecule has 0 aliphatic rings. The number of aromatic nitrogens is 1. The summed E-state index contributed by atoms with van der Waals surface area (Å²) in [5.41, 5.74) is 1.04. The summed E-state index contributed by atoms with van der Waals surface area (Å²) in [6.07, 6.45) is 6.28. The molecule has 0 radical (unpaired) electrons. The van der Waals surface area contributed by atoms with Crippen LogP contribution in [0.5, 0.6) is 0 Å². The van der Waals surface area contributed by atoms with Crippen molar-refractivity contribution in [3.63, 3.8) is 0 Å². The second-order valence-electron chi connectivity index (χ2n) is 2.97. The summed E-state index contributed by atoms with van der Waals surface area (Å²) in [7, 11) is 0. The molecule has 0 amide bonds. The highest BCUT2D eigenvalue weighted by atomic mass is 79.9. The monoisotopic (exact) mass is 270 g/mol. The van der Waals surface area contributed by atoms with Gasteiger partial charge < -0.3 is 10.1 Å². The predicted octanol–water partition coefficient (Wildman–Crippen LogP) is 2.85. The molecule has 4 heteroatoms. The van der Waals surface area contributed by atoms with Crippen LogP contribution in [-0.2, 0) is 4.74 Å². The van der Waals surface area contributed by atoms with Crippen molar-refractivity contribution in [1.82, 2.24) is 4.98 Å². The van der Waals surface area contributed by atoms with E-state index in [4.69, 9.17) is 4.74 Å². The Morgan fingerprint density at radius 3 is 3.13 bits per heavy atom. The molecule has 15 heavy (non-hydrogen) atoms. The zero-order valence-electron chi connectivity index (χ0n) is 8.58. The number of nitrogens with zero attached hydrogens (tertiary/aromatic N) is 1. The van der Waals surface area contributed by atoms with E-state index >= 15 is 0 Å². The van der Waals surface area contributed by atoms with Crippen LogP contribution < -0.4 is 5.32 Å². The van der Waals surface area contributed by atoms with Gasteiger partial charge in [-0.05, 0) is 28.4 Å². The van der Waals surface area contributed by atoms with Crippen molar-refractivity contribution < 1.29 is 4.74 Å². The third kappa shape index (κ3) is 4.95. The van der Waals surface area contributed by atoms with Crippen LogP contribution >= 0.6 is 15.9 Å². The topological polar surface area (TPSA) is 34.1 Å². The number of rotatable bonds is 7. The first-order valence-corrected chi connectivity index (χ1v) is 5.66. The molecule has 1 aromatic rings. The fraction of sp³-hybridized carbons (Fsp3) is 0.364. The van der Waals surface area contributed by atoms with E-state index in [1.54, 1.807) is 12.4 Å². The first kappa shape index (κ1) is 12.2. The normalized spacial score (nSPS) is 9.93. The minimum atomic E-state index is 0.697. The molecule has 1 aromatic heterocycles. The van der Waals surface area contributed by atoms with Crippen LogP contribution in [0.25, 0.3) is 0 Å². The van der Waals surface area contributed by atoms with E-state index in [0.717, 1.165) is 29.7 Å². The number of hydrogen-bond donors (Lipinski definition) is 1. The summed E-state index contributed by atoms with van der Waals surface area (Å²) in [4.78, 5) is 3.98. The van der Waals surface area contributed by atoms with Crippen LogP contribution in [0.3, 0.4) is 0 Å². The number of halogens is 1. The van der Waals surface area contributed by atoms with Crippen LogP contribution in [-0.4, -0.2) is 24.7 Å². The maximum Gasteiger partial charge on any atom is 0.0639 e. The lowest BCUT2D eigenvalue weighted by atomic mass is 10.4. The van der Waals surface area contributed by atoms with Gasteiger partial charge in [-0.2, -0.15) is 0 Å². The van der Waals surface area contributed by atoms with Gasteiger partial charge in [-0.3, -0.25) is 4.98 Å². The molecule has 82 valence electrons. The summed E-state index contributed by atoms with van der Waals surface area (Å²) in [5, 5.41) is 3.25. The van der Waals surface area contributed by atoms with Gasteiger partial charge in [0.05, 0.1) is 23.4 Å². The van der Waals surface area contributed by atoms with Crippen molar-refractivity contribution in [2.75, 3.05) is 25.1 Å². The molecule has 0 spiro atoms. The second kappa shape index (κ2) is 7.43. The molecular weight excluding hydrogens is 256 g/mol. The van der Waals surface area contributed by atoms with Gasteiger partial charge in [0.1, 0.15) is 0 Å². The van der Waals surface area contributed by atoms with E-state index in [-0.39, 0.29) is 0 Å². The quantitative estimate of drug-likeness (QED) is 0.611. The van der Waals surface area contributed by atoms with E-state index in [9.17, 15) is 0 Å². The average Bonchev–Trinajstić information content (AvgIpc) is 2.25. The predicted molar refractivity (Wildman–Crippen MR) is 66.1 cm³/mol. The molecule has 0 aliphatic carbocycles. The third-order valence-electron chi connectivity index (χ3n) is 1.80. The van der Waals surface area contributed by atoms with Crippen LogP contribution in [0.15, 0.2) is 35.6 Å². The molecule has 0 saturated heterocycles. The van der Waals surface area contributed by atoms with E-state index in [0.29, 0.717) is 6.61 Å². The molecule has 0 fully saturated rings. The maximum absolute atomic E-state index is 5.37. The zero-order chi connectivity index (χ0) is 10.9. The lowest BCUT2D eigenvalue weighted by Gasteiger charge is -2.07. The molecule has 3 nitrogen and oxygen atoms in total. The molecule has 0 aromatic carbocycles. The van der Waals surface area contributed by atoms with Crippen molar-refractivity contribution >= 4 is 21.6 Å². The van der Waals surface area contributed by atoms with Gasteiger partial charge in [0.15, 0.2) is 0 Å². The highest BCUT2D eigenvalue weighted by Crippen LogP contribution is 2.19. The molecule has 0 atom stereocenters. The van der Waals surface area contributed by atoms with Crippen molar-refractivity contribution in [3.8, 4) is 0 Å². The lowest BCUT2D eigenvalue weighted by molar-refractivity contribution is 0.149. The van der Waals surface area contributed by atoms with Crippen molar-refractivity contribution in [3.05, 3.63) is 35.6 Å². The van der Waals surface area contributed by atoms with Gasteiger partial charge in [-0.1, -0.05) is 6.08 Å². The van der Waals surface area contributed by atoms with Crippen LogP contribution in [0.1, 0.15) is 6.42 Å². The van der Waals surface area contributed by atoms with Gasteiger partial charge in [-0.25, -0.2) is 0 Å². The Kier molecular flexibility index (Phi) is 6.04. The highest BCUT2D eigenvalue weighted by Gasteiger charge is 1.96. The van der Waals surface area contributed by atoms with E-state index in [2.05, 4.69) is 32.8 Å². The van der Waals surface area contributed by atoms with E-state index in [1.165, 1.54) is 0 Å². The van der Waals surface area contributed by atoms with Gasteiger partial charge in [0.25, 0.3) is 0 Å². The summed E-state index contributed by atoms with van der Waals surface area (Å²) in [5.74, 6) is 0. The van der Waals surface area contributed by atoms with Gasteiger partial charge in [-0.15, -0.1) is 6.58 Å². The minimum absolute atomic E-state index is 0.697. The molecule has 0 saturated carbocycles. The number of nitrogens with one attached hydrogen (secondary N) is 1. The number of hydrogen-bond acceptors (Lipinski definition) is 3. The summed E-state index contributed by atoms with van der Waals surface area (Å²) >= 11 is 3.41. The molecule has 0 aliphatic heterocycles. The third-order valence-corrected chi connectivity index (χ3v) is 2.43. The Hall–Kier alpha value is -0.870. The molecule has 1 heterocycles. The Morgan fingerprint density at radius 2 is 2.40 bits per heavy atom. The van der Waals surface area contributed by atoms with Gasteiger partial charge in [0, 0.05) is 18.9 Å². The van der Waals surface area contributed by atoms with Gasteiger partial charge >= 0.3 is 0 Å². The minimum Gasteiger partial charge on any atom is -0.382 e. The second-order valence-corrected chi connectivity index (χ2v) is 3.83. The number of ether oxygens (including phenoxy) is 1.